The fourth-order valence-electron chi connectivity index (χ4n) is 5.59. The lowest BCUT2D eigenvalue weighted by molar-refractivity contribution is -0.141. The van der Waals surface area contributed by atoms with Crippen LogP contribution >= 0.6 is 23.2 Å². The molecule has 6 nitrogen and oxygen atoms in total. The zero-order valence-electron chi connectivity index (χ0n) is 23.1. The lowest BCUT2D eigenvalue weighted by Crippen LogP contribution is -2.53. The van der Waals surface area contributed by atoms with Gasteiger partial charge >= 0.3 is 0 Å². The Morgan fingerprint density at radius 3 is 2.29 bits per heavy atom. The highest BCUT2D eigenvalue weighted by Gasteiger charge is 2.32. The van der Waals surface area contributed by atoms with Crippen LogP contribution in [0.3, 0.4) is 0 Å². The minimum atomic E-state index is -0.723. The van der Waals surface area contributed by atoms with Gasteiger partial charge in [0.2, 0.25) is 11.8 Å². The van der Waals surface area contributed by atoms with E-state index in [1.54, 1.807) is 23.1 Å². The maximum atomic E-state index is 14.1. The Kier molecular flexibility index (Phi) is 10.1. The number of carbonyl (C=O) groups is 2. The van der Waals surface area contributed by atoms with Crippen molar-refractivity contribution in [1.29, 1.82) is 0 Å². The molecular weight excluding hydrogens is 559 g/mol. The molecular formula is C33H36Cl2N2O4. The number of hydrogen-bond acceptors (Lipinski definition) is 4. The number of carbonyl (C=O) groups excluding carboxylic acids is 2. The summed E-state index contributed by atoms with van der Waals surface area (Å²) in [6, 6.07) is 20.3. The summed E-state index contributed by atoms with van der Waals surface area (Å²) in [5, 5.41) is 4.20. The molecule has 216 valence electrons. The molecule has 1 aliphatic heterocycles. The fraction of sp³-hybridized carbons (Fsp3) is 0.394. The van der Waals surface area contributed by atoms with Crippen LogP contribution in [0.25, 0.3) is 0 Å². The molecule has 2 amide bonds. The van der Waals surface area contributed by atoms with Gasteiger partial charge in [-0.15, -0.1) is 0 Å². The highest BCUT2D eigenvalue weighted by atomic mass is 35.5. The molecule has 0 saturated heterocycles. The lowest BCUT2D eigenvalue weighted by atomic mass is 9.94. The van der Waals surface area contributed by atoms with Crippen molar-refractivity contribution in [2.45, 2.75) is 70.0 Å². The molecule has 1 atom stereocenters. The Balaban J connectivity index is 1.42. The Labute approximate surface area is 251 Å². The third-order valence-corrected chi connectivity index (χ3v) is 8.56. The second-order valence-corrected chi connectivity index (χ2v) is 11.6. The van der Waals surface area contributed by atoms with E-state index in [0.717, 1.165) is 36.8 Å². The van der Waals surface area contributed by atoms with Crippen molar-refractivity contribution in [3.63, 3.8) is 0 Å². The lowest BCUT2D eigenvalue weighted by Gasteiger charge is -2.34. The van der Waals surface area contributed by atoms with E-state index in [2.05, 4.69) is 5.32 Å². The highest BCUT2D eigenvalue weighted by molar-refractivity contribution is 6.36. The number of rotatable bonds is 10. The molecule has 1 aliphatic carbocycles. The van der Waals surface area contributed by atoms with Crippen LogP contribution in [0.1, 0.15) is 55.2 Å². The summed E-state index contributed by atoms with van der Waals surface area (Å²) in [4.78, 5) is 29.7. The molecule has 41 heavy (non-hydrogen) atoms. The zero-order valence-corrected chi connectivity index (χ0v) is 24.6. The van der Waals surface area contributed by atoms with Crippen molar-refractivity contribution in [1.82, 2.24) is 10.2 Å². The fourth-order valence-corrected chi connectivity index (χ4v) is 6.11. The molecule has 0 radical (unpaired) electrons. The molecule has 1 N–H and O–H groups in total. The molecule has 0 aromatic heterocycles. The van der Waals surface area contributed by atoms with Crippen molar-refractivity contribution < 1.29 is 19.1 Å². The van der Waals surface area contributed by atoms with Gasteiger partial charge in [0.05, 0.1) is 0 Å². The van der Waals surface area contributed by atoms with Crippen molar-refractivity contribution in [2.75, 3.05) is 13.2 Å². The summed E-state index contributed by atoms with van der Waals surface area (Å²) in [6.07, 6.45) is 6.39. The van der Waals surface area contributed by atoms with Gasteiger partial charge in [-0.25, -0.2) is 0 Å². The maximum absolute atomic E-state index is 14.1. The molecule has 3 aromatic rings. The SMILES string of the molecule is O=C(NC1CCCCC1)[C@@H](Cc1ccccc1)N(Cc1c(Cl)cccc1Cl)C(=O)CCc1ccc2c(c1)OCCO2. The molecule has 1 fully saturated rings. The van der Waals surface area contributed by atoms with Crippen molar-refractivity contribution in [2.24, 2.45) is 0 Å². The molecule has 3 aromatic carbocycles. The van der Waals surface area contributed by atoms with E-state index >= 15 is 0 Å². The largest absolute Gasteiger partial charge is 0.486 e. The number of hydrogen-bond donors (Lipinski definition) is 1. The first-order valence-corrected chi connectivity index (χ1v) is 15.2. The molecule has 8 heteroatoms. The monoisotopic (exact) mass is 594 g/mol. The third-order valence-electron chi connectivity index (χ3n) is 7.85. The topological polar surface area (TPSA) is 67.9 Å². The van der Waals surface area contributed by atoms with Gasteiger partial charge in [0.1, 0.15) is 19.3 Å². The van der Waals surface area contributed by atoms with Gasteiger partial charge in [-0.1, -0.05) is 84.9 Å². The van der Waals surface area contributed by atoms with Gasteiger partial charge in [-0.2, -0.15) is 0 Å². The molecule has 5 rings (SSSR count). The van der Waals surface area contributed by atoms with Crippen LogP contribution in [0, 0.1) is 0 Å². The molecule has 1 heterocycles. The molecule has 1 saturated carbocycles. The highest BCUT2D eigenvalue weighted by Crippen LogP contribution is 2.32. The Morgan fingerprint density at radius 1 is 0.854 bits per heavy atom. The van der Waals surface area contributed by atoms with Crippen LogP contribution in [0.15, 0.2) is 66.7 Å². The minimum absolute atomic E-state index is 0.119. The van der Waals surface area contributed by atoms with Crippen LogP contribution in [0.2, 0.25) is 10.0 Å². The average Bonchev–Trinajstić information content (AvgIpc) is 3.00. The molecule has 2 aliphatic rings. The van der Waals surface area contributed by atoms with E-state index in [1.165, 1.54) is 6.42 Å². The quantitative estimate of drug-likeness (QED) is 0.281. The number of benzene rings is 3. The van der Waals surface area contributed by atoms with E-state index in [-0.39, 0.29) is 30.8 Å². The van der Waals surface area contributed by atoms with E-state index in [1.807, 2.05) is 48.5 Å². The molecule has 0 bridgehead atoms. The molecule has 0 spiro atoms. The van der Waals surface area contributed by atoms with Gasteiger partial charge < -0.3 is 19.7 Å². The minimum Gasteiger partial charge on any atom is -0.486 e. The number of fused-ring (bicyclic) bond motifs is 1. The molecule has 0 unspecified atom stereocenters. The summed E-state index contributed by atoms with van der Waals surface area (Å²) in [5.41, 5.74) is 2.57. The van der Waals surface area contributed by atoms with Crippen LogP contribution in [0.4, 0.5) is 0 Å². The summed E-state index contributed by atoms with van der Waals surface area (Å²) in [6.45, 7) is 1.16. The van der Waals surface area contributed by atoms with Gasteiger partial charge in [0.15, 0.2) is 11.5 Å². The number of amides is 2. The number of nitrogens with one attached hydrogen (secondary N) is 1. The Bertz CT molecular complexity index is 1320. The predicted octanol–water partition coefficient (Wildman–Crippen LogP) is 6.79. The predicted molar refractivity (Wildman–Crippen MR) is 162 cm³/mol. The Hall–Kier alpha value is -3.22. The second kappa shape index (κ2) is 14.1. The standard InChI is InChI=1S/C33H36Cl2N2O4/c34-27-12-7-13-28(35)26(27)22-37(32(38)17-15-24-14-16-30-31(21-24)41-19-18-40-30)29(20-23-8-3-1-4-9-23)33(39)36-25-10-5-2-6-11-25/h1,3-4,7-9,12-14,16,21,25,29H,2,5-6,10-11,15,17-20,22H2,(H,36,39)/t29-/m1/s1. The van der Waals surface area contributed by atoms with E-state index in [9.17, 15) is 9.59 Å². The van der Waals surface area contributed by atoms with Crippen LogP contribution in [0.5, 0.6) is 11.5 Å². The average molecular weight is 596 g/mol. The van der Waals surface area contributed by atoms with Crippen molar-refractivity contribution >= 4 is 35.0 Å². The number of ether oxygens (including phenoxy) is 2. The van der Waals surface area contributed by atoms with E-state index in [0.29, 0.717) is 53.2 Å². The Morgan fingerprint density at radius 2 is 1.56 bits per heavy atom. The summed E-state index contributed by atoms with van der Waals surface area (Å²) < 4.78 is 11.4. The first kappa shape index (κ1) is 29.3. The van der Waals surface area contributed by atoms with Crippen LogP contribution in [-0.2, 0) is 29.0 Å². The maximum Gasteiger partial charge on any atom is 0.243 e. The summed E-state index contributed by atoms with van der Waals surface area (Å²) in [5.74, 6) is 1.12. The van der Waals surface area contributed by atoms with Gasteiger partial charge in [0.25, 0.3) is 0 Å². The third kappa shape index (κ3) is 7.75. The number of halogens is 2. The first-order chi connectivity index (χ1) is 20.0. The second-order valence-electron chi connectivity index (χ2n) is 10.7. The van der Waals surface area contributed by atoms with Gasteiger partial charge in [-0.3, -0.25) is 9.59 Å². The zero-order chi connectivity index (χ0) is 28.6. The van der Waals surface area contributed by atoms with Crippen LogP contribution in [-0.4, -0.2) is 42.0 Å². The number of nitrogens with zero attached hydrogens (tertiary/aromatic N) is 1. The smallest absolute Gasteiger partial charge is 0.243 e. The van der Waals surface area contributed by atoms with Crippen molar-refractivity contribution in [3.8, 4) is 11.5 Å². The normalized spacial score (nSPS) is 15.7. The summed E-state index contributed by atoms with van der Waals surface area (Å²) in [7, 11) is 0. The van der Waals surface area contributed by atoms with Gasteiger partial charge in [0, 0.05) is 41.0 Å². The van der Waals surface area contributed by atoms with Gasteiger partial charge in [-0.05, 0) is 54.7 Å². The van der Waals surface area contributed by atoms with Crippen molar-refractivity contribution in [3.05, 3.63) is 93.5 Å². The van der Waals surface area contributed by atoms with E-state index < -0.39 is 6.04 Å². The summed E-state index contributed by atoms with van der Waals surface area (Å²) >= 11 is 13.1. The first-order valence-electron chi connectivity index (χ1n) is 14.4. The van der Waals surface area contributed by atoms with E-state index in [4.69, 9.17) is 32.7 Å². The number of aryl methyl sites for hydroxylation is 1. The van der Waals surface area contributed by atoms with Crippen LogP contribution < -0.4 is 14.8 Å².